The smallest absolute Gasteiger partial charge is 0.325 e. The van der Waals surface area contributed by atoms with Gasteiger partial charge in [0.1, 0.15) is 6.54 Å². The number of hydrogen-bond acceptors (Lipinski definition) is 4. The van der Waals surface area contributed by atoms with Gasteiger partial charge in [0.15, 0.2) is 0 Å². The van der Waals surface area contributed by atoms with Crippen LogP contribution in [0.5, 0.6) is 0 Å². The summed E-state index contributed by atoms with van der Waals surface area (Å²) in [5, 5.41) is 0. The van der Waals surface area contributed by atoms with Gasteiger partial charge in [-0.2, -0.15) is 0 Å². The molecule has 18 heavy (non-hydrogen) atoms. The zero-order valence-electron chi connectivity index (χ0n) is 11.3. The Morgan fingerprint density at radius 2 is 2.11 bits per heavy atom. The number of rotatable bonds is 4. The van der Waals surface area contributed by atoms with Gasteiger partial charge in [-0.3, -0.25) is 14.4 Å². The molecule has 0 bridgehead atoms. The van der Waals surface area contributed by atoms with E-state index < -0.39 is 5.97 Å². The van der Waals surface area contributed by atoms with Crippen LogP contribution in [0.15, 0.2) is 0 Å². The first-order chi connectivity index (χ1) is 8.36. The minimum atomic E-state index is -0.449. The fourth-order valence-corrected chi connectivity index (χ4v) is 1.98. The van der Waals surface area contributed by atoms with Gasteiger partial charge < -0.3 is 14.5 Å². The second kappa shape index (κ2) is 5.84. The molecule has 6 nitrogen and oxygen atoms in total. The maximum absolute atomic E-state index is 12.3. The van der Waals surface area contributed by atoms with Gasteiger partial charge in [0, 0.05) is 26.1 Å². The Morgan fingerprint density at radius 3 is 2.50 bits per heavy atom. The minimum absolute atomic E-state index is 0.0323. The van der Waals surface area contributed by atoms with Crippen LogP contribution >= 0.6 is 0 Å². The van der Waals surface area contributed by atoms with E-state index >= 15 is 0 Å². The molecule has 1 aliphatic heterocycles. The van der Waals surface area contributed by atoms with Crippen LogP contribution in [0, 0.1) is 5.92 Å². The van der Waals surface area contributed by atoms with Gasteiger partial charge in [0.05, 0.1) is 13.0 Å². The average Bonchev–Trinajstić information content (AvgIpc) is 2.65. The molecule has 0 aliphatic carbocycles. The molecule has 6 heteroatoms. The number of esters is 1. The molecular formula is C12H20N2O4. The molecule has 1 atom stereocenters. The average molecular weight is 256 g/mol. The van der Waals surface area contributed by atoms with E-state index in [1.165, 1.54) is 12.0 Å². The molecule has 1 unspecified atom stereocenters. The van der Waals surface area contributed by atoms with Crippen LogP contribution in [0.1, 0.15) is 20.3 Å². The SMILES string of the molecule is COC(=O)CN(C(=O)C1CC(=O)N(C)C1)C(C)C. The topological polar surface area (TPSA) is 66.9 Å². The Kier molecular flexibility index (Phi) is 4.69. The second-order valence-electron chi connectivity index (χ2n) is 4.81. The third-order valence-corrected chi connectivity index (χ3v) is 3.12. The molecule has 1 aliphatic rings. The van der Waals surface area contributed by atoms with Crippen molar-refractivity contribution >= 4 is 17.8 Å². The summed E-state index contributed by atoms with van der Waals surface area (Å²) < 4.78 is 4.58. The quantitative estimate of drug-likeness (QED) is 0.657. The van der Waals surface area contributed by atoms with Crippen LogP contribution < -0.4 is 0 Å². The highest BCUT2D eigenvalue weighted by atomic mass is 16.5. The first kappa shape index (κ1) is 14.5. The fourth-order valence-electron chi connectivity index (χ4n) is 1.98. The number of nitrogens with zero attached hydrogens (tertiary/aromatic N) is 2. The van der Waals surface area contributed by atoms with Crippen molar-refractivity contribution in [3.05, 3.63) is 0 Å². The van der Waals surface area contributed by atoms with E-state index in [-0.39, 0.29) is 36.7 Å². The summed E-state index contributed by atoms with van der Waals surface area (Å²) in [4.78, 5) is 38.0. The van der Waals surface area contributed by atoms with Crippen LogP contribution in [0.25, 0.3) is 0 Å². The van der Waals surface area contributed by atoms with Gasteiger partial charge in [0.25, 0.3) is 0 Å². The number of likely N-dealkylation sites (tertiary alicyclic amines) is 1. The number of hydrogen-bond donors (Lipinski definition) is 0. The van der Waals surface area contributed by atoms with Crippen molar-refractivity contribution in [2.75, 3.05) is 27.2 Å². The summed E-state index contributed by atoms with van der Waals surface area (Å²) >= 11 is 0. The van der Waals surface area contributed by atoms with Gasteiger partial charge in [-0.1, -0.05) is 0 Å². The van der Waals surface area contributed by atoms with Crippen LogP contribution in [-0.2, 0) is 19.1 Å². The highest BCUT2D eigenvalue weighted by molar-refractivity contribution is 5.90. The number of carbonyl (C=O) groups excluding carboxylic acids is 3. The third-order valence-electron chi connectivity index (χ3n) is 3.12. The molecule has 1 saturated heterocycles. The predicted molar refractivity (Wildman–Crippen MR) is 64.6 cm³/mol. The van der Waals surface area contributed by atoms with E-state index in [0.29, 0.717) is 6.54 Å². The number of amides is 2. The Bertz CT molecular complexity index is 354. The highest BCUT2D eigenvalue weighted by Crippen LogP contribution is 2.19. The molecule has 0 aromatic carbocycles. The molecule has 0 aromatic rings. The molecule has 1 rings (SSSR count). The van der Waals surface area contributed by atoms with E-state index in [1.54, 1.807) is 11.9 Å². The molecule has 0 N–H and O–H groups in total. The Morgan fingerprint density at radius 1 is 1.50 bits per heavy atom. The first-order valence-electron chi connectivity index (χ1n) is 5.98. The number of ether oxygens (including phenoxy) is 1. The van der Waals surface area contributed by atoms with Gasteiger partial charge in [0.2, 0.25) is 11.8 Å². The lowest BCUT2D eigenvalue weighted by atomic mass is 10.1. The van der Waals surface area contributed by atoms with Crippen molar-refractivity contribution in [1.82, 2.24) is 9.80 Å². The maximum atomic E-state index is 12.3. The van der Waals surface area contributed by atoms with E-state index in [9.17, 15) is 14.4 Å². The number of methoxy groups -OCH3 is 1. The van der Waals surface area contributed by atoms with Crippen molar-refractivity contribution in [3.8, 4) is 0 Å². The second-order valence-corrected chi connectivity index (χ2v) is 4.81. The molecular weight excluding hydrogens is 236 g/mol. The summed E-state index contributed by atoms with van der Waals surface area (Å²) in [6.45, 7) is 4.02. The standard InChI is InChI=1S/C12H20N2O4/c1-8(2)14(7-11(16)18-4)12(17)9-5-10(15)13(3)6-9/h8-9H,5-7H2,1-4H3. The monoisotopic (exact) mass is 256 g/mol. The molecule has 0 spiro atoms. The van der Waals surface area contributed by atoms with Crippen LogP contribution in [-0.4, -0.2) is 60.9 Å². The minimum Gasteiger partial charge on any atom is -0.468 e. The summed E-state index contributed by atoms with van der Waals surface area (Å²) in [5.41, 5.74) is 0. The Labute approximate surface area is 107 Å². The zero-order chi connectivity index (χ0) is 13.9. The van der Waals surface area contributed by atoms with Gasteiger partial charge in [-0.25, -0.2) is 0 Å². The van der Waals surface area contributed by atoms with Crippen LogP contribution in [0.3, 0.4) is 0 Å². The Balaban J connectivity index is 2.71. The molecule has 1 fully saturated rings. The summed E-state index contributed by atoms with van der Waals surface area (Å²) in [7, 11) is 2.97. The zero-order valence-corrected chi connectivity index (χ0v) is 11.3. The van der Waals surface area contributed by atoms with Gasteiger partial charge in [-0.15, -0.1) is 0 Å². The first-order valence-corrected chi connectivity index (χ1v) is 5.98. The van der Waals surface area contributed by atoms with E-state index in [4.69, 9.17) is 0 Å². The van der Waals surface area contributed by atoms with E-state index in [0.717, 1.165) is 0 Å². The number of carbonyl (C=O) groups is 3. The van der Waals surface area contributed by atoms with Crippen LogP contribution in [0.4, 0.5) is 0 Å². The summed E-state index contributed by atoms with van der Waals surface area (Å²) in [5.74, 6) is -0.993. The molecule has 0 radical (unpaired) electrons. The van der Waals surface area contributed by atoms with Gasteiger partial charge in [-0.05, 0) is 13.8 Å². The van der Waals surface area contributed by atoms with E-state index in [2.05, 4.69) is 4.74 Å². The normalized spacial score (nSPS) is 19.3. The molecule has 2 amide bonds. The fraction of sp³-hybridized carbons (Fsp3) is 0.750. The largest absolute Gasteiger partial charge is 0.468 e. The van der Waals surface area contributed by atoms with Crippen molar-refractivity contribution in [2.45, 2.75) is 26.3 Å². The highest BCUT2D eigenvalue weighted by Gasteiger charge is 2.36. The van der Waals surface area contributed by atoms with Crippen LogP contribution in [0.2, 0.25) is 0 Å². The predicted octanol–water partition coefficient (Wildman–Crippen LogP) is -0.125. The van der Waals surface area contributed by atoms with E-state index in [1.807, 2.05) is 13.8 Å². The van der Waals surface area contributed by atoms with Crippen molar-refractivity contribution in [1.29, 1.82) is 0 Å². The molecule has 0 aromatic heterocycles. The summed E-state index contributed by atoms with van der Waals surface area (Å²) in [6, 6.07) is -0.0994. The maximum Gasteiger partial charge on any atom is 0.325 e. The third kappa shape index (κ3) is 3.21. The Hall–Kier alpha value is -1.59. The molecule has 0 saturated carbocycles. The lowest BCUT2D eigenvalue weighted by Gasteiger charge is -2.27. The molecule has 1 heterocycles. The molecule has 102 valence electrons. The van der Waals surface area contributed by atoms with Gasteiger partial charge >= 0.3 is 5.97 Å². The van der Waals surface area contributed by atoms with Crippen molar-refractivity contribution < 1.29 is 19.1 Å². The summed E-state index contributed by atoms with van der Waals surface area (Å²) in [6.07, 6.45) is 0.222. The lowest BCUT2D eigenvalue weighted by Crippen LogP contribution is -2.44. The lowest BCUT2D eigenvalue weighted by molar-refractivity contribution is -0.149. The van der Waals surface area contributed by atoms with Crippen molar-refractivity contribution in [2.24, 2.45) is 5.92 Å². The van der Waals surface area contributed by atoms with Crippen molar-refractivity contribution in [3.63, 3.8) is 0 Å².